The Morgan fingerprint density at radius 1 is 1.29 bits per heavy atom. The van der Waals surface area contributed by atoms with Crippen molar-refractivity contribution in [3.05, 3.63) is 30.3 Å². The SMILES string of the molecule is CC(C)CN(C(=O)CSc1nnc(-c2ccccc2)n1C)[C@H]1CCS(=O)(=O)C1. The lowest BCUT2D eigenvalue weighted by molar-refractivity contribution is -0.130. The van der Waals surface area contributed by atoms with Crippen molar-refractivity contribution in [3.63, 3.8) is 0 Å². The summed E-state index contributed by atoms with van der Waals surface area (Å²) in [6.45, 7) is 4.63. The van der Waals surface area contributed by atoms with E-state index in [1.54, 1.807) is 4.90 Å². The van der Waals surface area contributed by atoms with E-state index >= 15 is 0 Å². The Morgan fingerprint density at radius 3 is 2.61 bits per heavy atom. The number of aromatic nitrogens is 3. The van der Waals surface area contributed by atoms with Gasteiger partial charge in [0.2, 0.25) is 5.91 Å². The van der Waals surface area contributed by atoms with Gasteiger partial charge in [0.1, 0.15) is 0 Å². The minimum Gasteiger partial charge on any atom is -0.338 e. The summed E-state index contributed by atoms with van der Waals surface area (Å²) in [7, 11) is -1.16. The molecule has 0 aliphatic carbocycles. The molecule has 0 radical (unpaired) electrons. The average Bonchev–Trinajstić information content (AvgIpc) is 3.20. The zero-order chi connectivity index (χ0) is 20.3. The van der Waals surface area contributed by atoms with Crippen molar-refractivity contribution in [1.82, 2.24) is 19.7 Å². The summed E-state index contributed by atoms with van der Waals surface area (Å²) in [5.41, 5.74) is 0.966. The fourth-order valence-corrected chi connectivity index (χ4v) is 5.89. The Kier molecular flexibility index (Phi) is 6.44. The number of carbonyl (C=O) groups excluding carboxylic acids is 1. The van der Waals surface area contributed by atoms with Gasteiger partial charge in [0.05, 0.1) is 17.3 Å². The molecule has 1 aromatic heterocycles. The lowest BCUT2D eigenvalue weighted by Crippen LogP contribution is -2.44. The highest BCUT2D eigenvalue weighted by Gasteiger charge is 2.34. The number of hydrogen-bond acceptors (Lipinski definition) is 6. The van der Waals surface area contributed by atoms with E-state index in [9.17, 15) is 13.2 Å². The molecule has 2 aromatic rings. The first-order valence-corrected chi connectivity index (χ1v) is 12.1. The van der Waals surface area contributed by atoms with Crippen LogP contribution >= 0.6 is 11.8 Å². The molecule has 0 saturated carbocycles. The van der Waals surface area contributed by atoms with Gasteiger partial charge in [-0.05, 0) is 12.3 Å². The first kappa shape index (κ1) is 20.9. The van der Waals surface area contributed by atoms with Gasteiger partial charge in [0, 0.05) is 25.2 Å². The van der Waals surface area contributed by atoms with Crippen LogP contribution in [0.1, 0.15) is 20.3 Å². The van der Waals surface area contributed by atoms with Gasteiger partial charge in [0.15, 0.2) is 20.8 Å². The molecular formula is C19H26N4O3S2. The lowest BCUT2D eigenvalue weighted by Gasteiger charge is -2.29. The Hall–Kier alpha value is -1.87. The van der Waals surface area contributed by atoms with Gasteiger partial charge in [-0.25, -0.2) is 8.42 Å². The summed E-state index contributed by atoms with van der Waals surface area (Å²) in [5, 5.41) is 9.12. The van der Waals surface area contributed by atoms with E-state index in [1.165, 1.54) is 11.8 Å². The average molecular weight is 423 g/mol. The minimum atomic E-state index is -3.04. The maximum Gasteiger partial charge on any atom is 0.233 e. The third-order valence-electron chi connectivity index (χ3n) is 4.72. The van der Waals surface area contributed by atoms with Crippen LogP contribution in [0.15, 0.2) is 35.5 Å². The number of thioether (sulfide) groups is 1. The van der Waals surface area contributed by atoms with Crippen molar-refractivity contribution in [1.29, 1.82) is 0 Å². The molecule has 152 valence electrons. The number of carbonyl (C=O) groups is 1. The molecule has 1 aliphatic rings. The first-order valence-electron chi connectivity index (χ1n) is 9.34. The number of sulfone groups is 1. The molecule has 7 nitrogen and oxygen atoms in total. The molecule has 3 rings (SSSR count). The smallest absolute Gasteiger partial charge is 0.233 e. The maximum absolute atomic E-state index is 12.9. The third-order valence-corrected chi connectivity index (χ3v) is 7.48. The summed E-state index contributed by atoms with van der Waals surface area (Å²) in [5.74, 6) is 1.41. The molecule has 0 unspecified atom stereocenters. The second kappa shape index (κ2) is 8.65. The van der Waals surface area contributed by atoms with Gasteiger partial charge >= 0.3 is 0 Å². The summed E-state index contributed by atoms with van der Waals surface area (Å²) >= 11 is 1.33. The van der Waals surface area contributed by atoms with Crippen molar-refractivity contribution in [2.45, 2.75) is 31.5 Å². The number of rotatable bonds is 7. The molecule has 1 amide bonds. The number of benzene rings is 1. The van der Waals surface area contributed by atoms with Crippen LogP contribution in [0.4, 0.5) is 0 Å². The van der Waals surface area contributed by atoms with Crippen molar-refractivity contribution in [2.75, 3.05) is 23.8 Å². The molecule has 1 saturated heterocycles. The summed E-state index contributed by atoms with van der Waals surface area (Å²) in [6, 6.07) is 9.54. The highest BCUT2D eigenvalue weighted by molar-refractivity contribution is 7.99. The van der Waals surface area contributed by atoms with Gasteiger partial charge in [-0.2, -0.15) is 0 Å². The molecule has 2 heterocycles. The van der Waals surface area contributed by atoms with Crippen LogP contribution in [0.5, 0.6) is 0 Å². The van der Waals surface area contributed by atoms with Crippen LogP contribution in [-0.2, 0) is 21.7 Å². The van der Waals surface area contributed by atoms with Crippen LogP contribution < -0.4 is 0 Å². The lowest BCUT2D eigenvalue weighted by atomic mass is 10.1. The molecule has 1 aliphatic heterocycles. The molecule has 1 fully saturated rings. The number of hydrogen-bond donors (Lipinski definition) is 0. The predicted molar refractivity (Wildman–Crippen MR) is 111 cm³/mol. The van der Waals surface area contributed by atoms with E-state index in [-0.39, 0.29) is 35.1 Å². The number of nitrogens with zero attached hydrogens (tertiary/aromatic N) is 4. The summed E-state index contributed by atoms with van der Waals surface area (Å²) in [6.07, 6.45) is 0.521. The van der Waals surface area contributed by atoms with Gasteiger partial charge in [0.25, 0.3) is 0 Å². The maximum atomic E-state index is 12.9. The van der Waals surface area contributed by atoms with Gasteiger partial charge in [-0.3, -0.25) is 4.79 Å². The normalized spacial score (nSPS) is 18.5. The molecular weight excluding hydrogens is 396 g/mol. The number of amides is 1. The quantitative estimate of drug-likeness (QED) is 0.636. The van der Waals surface area contributed by atoms with Crippen molar-refractivity contribution in [2.24, 2.45) is 13.0 Å². The van der Waals surface area contributed by atoms with Crippen LogP contribution in [0.2, 0.25) is 0 Å². The van der Waals surface area contributed by atoms with Gasteiger partial charge < -0.3 is 9.47 Å². The van der Waals surface area contributed by atoms with Crippen molar-refractivity contribution >= 4 is 27.5 Å². The topological polar surface area (TPSA) is 85.2 Å². The Morgan fingerprint density at radius 2 is 2.00 bits per heavy atom. The zero-order valence-corrected chi connectivity index (χ0v) is 18.0. The zero-order valence-electron chi connectivity index (χ0n) is 16.4. The monoisotopic (exact) mass is 422 g/mol. The standard InChI is InChI=1S/C19H26N4O3S2/c1-14(2)11-23(16-9-10-28(25,26)13-16)17(24)12-27-19-21-20-18(22(19)3)15-7-5-4-6-8-15/h4-8,14,16H,9-13H2,1-3H3/t16-/m0/s1. The molecule has 0 N–H and O–H groups in total. The van der Waals surface area contributed by atoms with E-state index in [1.807, 2.05) is 55.8 Å². The van der Waals surface area contributed by atoms with E-state index in [0.717, 1.165) is 11.4 Å². The van der Waals surface area contributed by atoms with Gasteiger partial charge in [-0.1, -0.05) is 55.9 Å². The van der Waals surface area contributed by atoms with Gasteiger partial charge in [-0.15, -0.1) is 10.2 Å². The molecule has 0 bridgehead atoms. The van der Waals surface area contributed by atoms with E-state index in [0.29, 0.717) is 18.1 Å². The predicted octanol–water partition coefficient (Wildman–Crippen LogP) is 2.25. The van der Waals surface area contributed by atoms with Crippen LogP contribution in [0.3, 0.4) is 0 Å². The van der Waals surface area contributed by atoms with E-state index < -0.39 is 9.84 Å². The minimum absolute atomic E-state index is 0.0509. The third kappa shape index (κ3) is 4.94. The Bertz CT molecular complexity index is 926. The fourth-order valence-electron chi connectivity index (χ4n) is 3.36. The molecule has 28 heavy (non-hydrogen) atoms. The summed E-state index contributed by atoms with van der Waals surface area (Å²) < 4.78 is 25.6. The van der Waals surface area contributed by atoms with Crippen LogP contribution in [0.25, 0.3) is 11.4 Å². The fraction of sp³-hybridized carbons (Fsp3) is 0.526. The molecule has 1 aromatic carbocycles. The Balaban J connectivity index is 1.69. The van der Waals surface area contributed by atoms with E-state index in [2.05, 4.69) is 10.2 Å². The van der Waals surface area contributed by atoms with E-state index in [4.69, 9.17) is 0 Å². The second-order valence-electron chi connectivity index (χ2n) is 7.52. The first-order chi connectivity index (χ1) is 13.3. The summed E-state index contributed by atoms with van der Waals surface area (Å²) in [4.78, 5) is 14.6. The van der Waals surface area contributed by atoms with Crippen LogP contribution in [-0.4, -0.2) is 63.8 Å². The largest absolute Gasteiger partial charge is 0.338 e. The molecule has 0 spiro atoms. The molecule has 9 heteroatoms. The van der Waals surface area contributed by atoms with Crippen molar-refractivity contribution in [3.8, 4) is 11.4 Å². The Labute approximate surface area is 170 Å². The second-order valence-corrected chi connectivity index (χ2v) is 10.7. The highest BCUT2D eigenvalue weighted by atomic mass is 32.2. The van der Waals surface area contributed by atoms with Crippen molar-refractivity contribution < 1.29 is 13.2 Å². The highest BCUT2D eigenvalue weighted by Crippen LogP contribution is 2.24. The van der Waals surface area contributed by atoms with Crippen LogP contribution in [0, 0.1) is 5.92 Å². The molecule has 1 atom stereocenters.